The minimum atomic E-state index is 0.0571. The highest BCUT2D eigenvalue weighted by Crippen LogP contribution is 2.56. The molecule has 0 spiro atoms. The highest BCUT2D eigenvalue weighted by Gasteiger charge is 2.50. The van der Waals surface area contributed by atoms with Crippen molar-refractivity contribution in [3.63, 3.8) is 0 Å². The summed E-state index contributed by atoms with van der Waals surface area (Å²) in [7, 11) is 1.95. The summed E-state index contributed by atoms with van der Waals surface area (Å²) >= 11 is 6.79. The molecule has 3 fully saturated rings. The van der Waals surface area contributed by atoms with Crippen LogP contribution in [0.4, 0.5) is 0 Å². The second-order valence-electron chi connectivity index (χ2n) is 11.6. The number of para-hydroxylation sites is 1. The summed E-state index contributed by atoms with van der Waals surface area (Å²) < 4.78 is 0. The summed E-state index contributed by atoms with van der Waals surface area (Å²) in [6, 6.07) is 14.3. The molecule has 4 atom stereocenters. The second-order valence-corrected chi connectivity index (χ2v) is 12.0. The molecule has 3 aromatic rings. The largest absolute Gasteiger partial charge is 0.339 e. The summed E-state index contributed by atoms with van der Waals surface area (Å²) in [5, 5.41) is 5.60. The molecule has 6 rings (SSSR count). The van der Waals surface area contributed by atoms with Gasteiger partial charge in [0.1, 0.15) is 5.82 Å². The average Bonchev–Trinajstić information content (AvgIpc) is 3.57. The molecule has 2 aliphatic heterocycles. The third-order valence-electron chi connectivity index (χ3n) is 8.61. The first-order chi connectivity index (χ1) is 16.6. The maximum Gasteiger partial charge on any atom is 0.253 e. The number of piperidine rings is 1. The number of carbonyl (C=O) groups is 1. The predicted molar refractivity (Wildman–Crippen MR) is 140 cm³/mol. The molecule has 0 radical (unpaired) electrons. The van der Waals surface area contributed by atoms with Gasteiger partial charge in [-0.05, 0) is 82.6 Å². The molecule has 35 heavy (non-hydrogen) atoms. The highest BCUT2D eigenvalue weighted by atomic mass is 35.5. The topological polar surface area (TPSA) is 58.1 Å². The molecule has 4 unspecified atom stereocenters. The Morgan fingerprint density at radius 1 is 1.06 bits per heavy atom. The van der Waals surface area contributed by atoms with Crippen LogP contribution in [0.2, 0.25) is 5.02 Å². The Morgan fingerprint density at radius 3 is 2.49 bits per heavy atom. The van der Waals surface area contributed by atoms with Crippen LogP contribution in [0.25, 0.3) is 10.9 Å². The summed E-state index contributed by atoms with van der Waals surface area (Å²) in [6.07, 6.45) is 5.34. The van der Waals surface area contributed by atoms with Crippen molar-refractivity contribution >= 4 is 28.4 Å². The second kappa shape index (κ2) is 8.01. The normalized spacial score (nSPS) is 31.5. The van der Waals surface area contributed by atoms with E-state index < -0.39 is 0 Å². The van der Waals surface area contributed by atoms with Crippen LogP contribution in [0.15, 0.2) is 42.5 Å². The van der Waals surface area contributed by atoms with E-state index in [1.807, 2.05) is 49.2 Å². The molecule has 3 heterocycles. The molecule has 6 heteroatoms. The fourth-order valence-electron chi connectivity index (χ4n) is 6.77. The zero-order valence-electron chi connectivity index (χ0n) is 20.9. The zero-order valence-corrected chi connectivity index (χ0v) is 21.7. The van der Waals surface area contributed by atoms with Crippen molar-refractivity contribution in [3.8, 4) is 0 Å². The molecule has 182 valence electrons. The van der Waals surface area contributed by atoms with E-state index in [2.05, 4.69) is 36.3 Å². The highest BCUT2D eigenvalue weighted by molar-refractivity contribution is 6.31. The summed E-state index contributed by atoms with van der Waals surface area (Å²) in [6.45, 7) is 6.54. The van der Waals surface area contributed by atoms with E-state index >= 15 is 0 Å². The van der Waals surface area contributed by atoms with Crippen molar-refractivity contribution in [3.05, 3.63) is 70.1 Å². The molecule has 1 N–H and O–H groups in total. The van der Waals surface area contributed by atoms with E-state index in [4.69, 9.17) is 16.6 Å². The van der Waals surface area contributed by atoms with Gasteiger partial charge < -0.3 is 10.2 Å². The third-order valence-corrected chi connectivity index (χ3v) is 8.93. The number of nitrogens with one attached hydrogen (secondary N) is 1. The van der Waals surface area contributed by atoms with Gasteiger partial charge in [-0.1, -0.05) is 35.9 Å². The van der Waals surface area contributed by atoms with E-state index in [1.54, 1.807) is 0 Å². The lowest BCUT2D eigenvalue weighted by molar-refractivity contribution is 0.0597. The number of aryl methyl sites for hydroxylation is 1. The molecular formula is C29H33ClN4O. The SMILES string of the molecule is Cc1nc(C2CC2c2ccc(C(=O)N(C)C3CC4(C)CCC(C)(C3)N4)cc2Cl)c2ccccc2n1. The number of hydrogen-bond acceptors (Lipinski definition) is 4. The molecule has 3 aliphatic rings. The lowest BCUT2D eigenvalue weighted by Gasteiger charge is -2.45. The predicted octanol–water partition coefficient (Wildman–Crippen LogP) is 6.00. The molecular weight excluding hydrogens is 456 g/mol. The maximum atomic E-state index is 13.4. The fraction of sp³-hybridized carbons (Fsp3) is 0.483. The number of benzene rings is 2. The van der Waals surface area contributed by atoms with E-state index in [1.165, 1.54) is 12.8 Å². The summed E-state index contributed by atoms with van der Waals surface area (Å²) in [4.78, 5) is 24.8. The molecule has 1 amide bonds. The maximum absolute atomic E-state index is 13.4. The number of nitrogens with zero attached hydrogens (tertiary/aromatic N) is 3. The molecule has 1 saturated carbocycles. The number of hydrogen-bond donors (Lipinski definition) is 1. The van der Waals surface area contributed by atoms with Crippen LogP contribution in [0.3, 0.4) is 0 Å². The van der Waals surface area contributed by atoms with Gasteiger partial charge in [-0.2, -0.15) is 0 Å². The van der Waals surface area contributed by atoms with E-state index in [0.29, 0.717) is 22.4 Å². The van der Waals surface area contributed by atoms with Gasteiger partial charge in [-0.15, -0.1) is 0 Å². The number of rotatable bonds is 4. The Kier molecular flexibility index (Phi) is 5.25. The zero-order chi connectivity index (χ0) is 24.5. The number of carbonyl (C=O) groups excluding carboxylic acids is 1. The van der Waals surface area contributed by atoms with Gasteiger partial charge in [-0.3, -0.25) is 4.79 Å². The van der Waals surface area contributed by atoms with Gasteiger partial charge in [0.2, 0.25) is 0 Å². The van der Waals surface area contributed by atoms with Crippen molar-refractivity contribution in [1.29, 1.82) is 0 Å². The van der Waals surface area contributed by atoms with Crippen LogP contribution in [-0.2, 0) is 0 Å². The Balaban J connectivity index is 1.21. The fourth-order valence-corrected chi connectivity index (χ4v) is 7.09. The summed E-state index contributed by atoms with van der Waals surface area (Å²) in [5.41, 5.74) is 4.12. The third kappa shape index (κ3) is 4.03. The number of fused-ring (bicyclic) bond motifs is 3. The first-order valence-corrected chi connectivity index (χ1v) is 13.1. The van der Waals surface area contributed by atoms with Crippen LogP contribution in [0.1, 0.15) is 85.2 Å². The monoisotopic (exact) mass is 488 g/mol. The lowest BCUT2D eigenvalue weighted by Crippen LogP contribution is -2.59. The van der Waals surface area contributed by atoms with Gasteiger partial charge in [0.25, 0.3) is 5.91 Å². The van der Waals surface area contributed by atoms with Crippen molar-refractivity contribution in [2.45, 2.75) is 81.8 Å². The Hall–Kier alpha value is -2.50. The minimum absolute atomic E-state index is 0.0571. The molecule has 5 nitrogen and oxygen atoms in total. The summed E-state index contributed by atoms with van der Waals surface area (Å²) in [5.74, 6) is 1.51. The van der Waals surface area contributed by atoms with Crippen molar-refractivity contribution in [2.24, 2.45) is 0 Å². The van der Waals surface area contributed by atoms with Crippen LogP contribution in [0, 0.1) is 6.92 Å². The molecule has 2 saturated heterocycles. The molecule has 2 aromatic carbocycles. The number of halogens is 1. The van der Waals surface area contributed by atoms with Gasteiger partial charge in [0, 0.05) is 46.1 Å². The number of amides is 1. The van der Waals surface area contributed by atoms with Gasteiger partial charge in [-0.25, -0.2) is 9.97 Å². The van der Waals surface area contributed by atoms with Gasteiger partial charge in [0.15, 0.2) is 0 Å². The van der Waals surface area contributed by atoms with Crippen molar-refractivity contribution < 1.29 is 4.79 Å². The van der Waals surface area contributed by atoms with Crippen LogP contribution >= 0.6 is 11.6 Å². The first kappa shape index (κ1) is 22.9. The van der Waals surface area contributed by atoms with Crippen LogP contribution in [-0.4, -0.2) is 44.9 Å². The van der Waals surface area contributed by atoms with Gasteiger partial charge in [0.05, 0.1) is 11.2 Å². The average molecular weight is 489 g/mol. The van der Waals surface area contributed by atoms with Crippen LogP contribution in [0.5, 0.6) is 0 Å². The van der Waals surface area contributed by atoms with E-state index in [9.17, 15) is 4.79 Å². The Labute approximate surface area is 212 Å². The van der Waals surface area contributed by atoms with Crippen LogP contribution < -0.4 is 5.32 Å². The van der Waals surface area contributed by atoms with Gasteiger partial charge >= 0.3 is 0 Å². The standard InChI is InChI=1S/C29H33ClN4O/c1-17-31-25-8-6-5-7-21(25)26(32-17)23-14-22(23)20-10-9-18(13-24(20)30)27(35)34(4)19-15-28(2)11-12-29(3,16-19)33-28/h5-10,13,19,22-23,33H,11-12,14-16H2,1-4H3. The minimum Gasteiger partial charge on any atom is -0.339 e. The number of aromatic nitrogens is 2. The molecule has 1 aliphatic carbocycles. The van der Waals surface area contributed by atoms with Crippen molar-refractivity contribution in [1.82, 2.24) is 20.2 Å². The van der Waals surface area contributed by atoms with E-state index in [-0.39, 0.29) is 23.0 Å². The quantitative estimate of drug-likeness (QED) is 0.489. The first-order valence-electron chi connectivity index (χ1n) is 12.7. The Bertz CT molecular complexity index is 1320. The smallest absolute Gasteiger partial charge is 0.253 e. The molecule has 2 bridgehead atoms. The van der Waals surface area contributed by atoms with E-state index in [0.717, 1.165) is 47.2 Å². The lowest BCUT2D eigenvalue weighted by atomic mass is 9.84. The van der Waals surface area contributed by atoms with Crippen molar-refractivity contribution in [2.75, 3.05) is 7.05 Å². The molecule has 1 aromatic heterocycles. The Morgan fingerprint density at radius 2 is 1.77 bits per heavy atom.